The van der Waals surface area contributed by atoms with Gasteiger partial charge in [0.15, 0.2) is 0 Å². The van der Waals surface area contributed by atoms with Crippen LogP contribution in [-0.4, -0.2) is 94.6 Å². The van der Waals surface area contributed by atoms with Crippen LogP contribution in [0.4, 0.5) is 0 Å². The predicted molar refractivity (Wildman–Crippen MR) is 128 cm³/mol. The van der Waals surface area contributed by atoms with E-state index in [-0.39, 0.29) is 16.6 Å². The minimum atomic E-state index is -3.70. The second-order valence-electron chi connectivity index (χ2n) is 8.78. The van der Waals surface area contributed by atoms with Crippen LogP contribution in [-0.2, 0) is 14.8 Å². The van der Waals surface area contributed by atoms with E-state index < -0.39 is 10.0 Å². The van der Waals surface area contributed by atoms with E-state index in [1.807, 2.05) is 4.90 Å². The van der Waals surface area contributed by atoms with Gasteiger partial charge in [0.2, 0.25) is 10.0 Å². The van der Waals surface area contributed by atoms with E-state index in [2.05, 4.69) is 11.8 Å². The van der Waals surface area contributed by atoms with Crippen LogP contribution >= 0.6 is 0 Å². The van der Waals surface area contributed by atoms with Crippen molar-refractivity contribution in [1.29, 1.82) is 0 Å². The number of morpholine rings is 1. The Morgan fingerprint density at radius 3 is 2.45 bits per heavy atom. The number of nitrogens with zero attached hydrogens (tertiary/aromatic N) is 3. The van der Waals surface area contributed by atoms with Crippen molar-refractivity contribution in [1.82, 2.24) is 14.1 Å². The highest BCUT2D eigenvalue weighted by Gasteiger charge is 2.31. The molecule has 2 heterocycles. The first-order valence-electron chi connectivity index (χ1n) is 12.2. The average Bonchev–Trinajstić information content (AvgIpc) is 3.39. The summed E-state index contributed by atoms with van der Waals surface area (Å²) in [7, 11) is -2.24. The average molecular weight is 482 g/mol. The third-order valence-corrected chi connectivity index (χ3v) is 8.37. The largest absolute Gasteiger partial charge is 0.495 e. The maximum absolute atomic E-state index is 13.5. The molecule has 8 nitrogen and oxygen atoms in total. The lowest BCUT2D eigenvalue weighted by atomic mass is 10.1. The number of methoxy groups -OCH3 is 1. The van der Waals surface area contributed by atoms with Crippen molar-refractivity contribution < 1.29 is 22.7 Å². The molecule has 3 rings (SSSR count). The van der Waals surface area contributed by atoms with Gasteiger partial charge >= 0.3 is 0 Å². The molecule has 1 amide bonds. The molecule has 0 unspecified atom stereocenters. The van der Waals surface area contributed by atoms with Crippen molar-refractivity contribution in [3.05, 3.63) is 23.8 Å². The second kappa shape index (κ2) is 12.7. The Kier molecular flexibility index (Phi) is 9.97. The molecule has 2 saturated heterocycles. The number of rotatable bonds is 12. The van der Waals surface area contributed by atoms with Gasteiger partial charge in [-0.2, -0.15) is 4.31 Å². The number of sulfonamides is 1. The summed E-state index contributed by atoms with van der Waals surface area (Å²) in [6.45, 7) is 8.45. The first-order chi connectivity index (χ1) is 16.0. The van der Waals surface area contributed by atoms with Crippen molar-refractivity contribution >= 4 is 15.9 Å². The summed E-state index contributed by atoms with van der Waals surface area (Å²) >= 11 is 0. The molecule has 2 fully saturated rings. The fourth-order valence-corrected chi connectivity index (χ4v) is 6.09. The molecule has 0 bridgehead atoms. The van der Waals surface area contributed by atoms with E-state index >= 15 is 0 Å². The van der Waals surface area contributed by atoms with Gasteiger partial charge in [0.25, 0.3) is 5.91 Å². The molecule has 33 heavy (non-hydrogen) atoms. The topological polar surface area (TPSA) is 79.4 Å². The lowest BCUT2D eigenvalue weighted by Gasteiger charge is -2.30. The first-order valence-corrected chi connectivity index (χ1v) is 13.7. The summed E-state index contributed by atoms with van der Waals surface area (Å²) in [5.74, 6) is 0.154. The van der Waals surface area contributed by atoms with E-state index in [0.29, 0.717) is 31.7 Å². The molecule has 1 aromatic carbocycles. The van der Waals surface area contributed by atoms with Crippen molar-refractivity contribution in [2.45, 2.75) is 50.3 Å². The van der Waals surface area contributed by atoms with E-state index in [4.69, 9.17) is 9.47 Å². The molecule has 0 aliphatic carbocycles. The summed E-state index contributed by atoms with van der Waals surface area (Å²) in [6, 6.07) is 4.79. The van der Waals surface area contributed by atoms with Crippen LogP contribution in [0.5, 0.6) is 5.75 Å². The highest BCUT2D eigenvalue weighted by Crippen LogP contribution is 2.30. The van der Waals surface area contributed by atoms with Gasteiger partial charge in [-0.1, -0.05) is 26.2 Å². The third kappa shape index (κ3) is 6.91. The van der Waals surface area contributed by atoms with Gasteiger partial charge in [0, 0.05) is 51.4 Å². The summed E-state index contributed by atoms with van der Waals surface area (Å²) in [5.41, 5.74) is 0.394. The number of hydrogen-bond donors (Lipinski definition) is 0. The maximum atomic E-state index is 13.5. The number of amides is 1. The molecule has 0 saturated carbocycles. The van der Waals surface area contributed by atoms with Crippen LogP contribution in [0.15, 0.2) is 23.1 Å². The Hall–Kier alpha value is -1.68. The fourth-order valence-electron chi connectivity index (χ4n) is 4.39. The van der Waals surface area contributed by atoms with E-state index in [1.54, 1.807) is 12.1 Å². The van der Waals surface area contributed by atoms with Crippen LogP contribution in [0.1, 0.15) is 55.8 Å². The highest BCUT2D eigenvalue weighted by molar-refractivity contribution is 7.89. The van der Waals surface area contributed by atoms with Gasteiger partial charge in [0.1, 0.15) is 10.6 Å². The zero-order chi connectivity index (χ0) is 23.7. The standard InChI is InChI=1S/C24H39N3O5S/c1-3-4-5-6-11-26(15-14-25-16-18-32-19-17-25)24(28)21-9-10-22(31-2)23(20-21)33(29,30)27-12-7-8-13-27/h9-10,20H,3-8,11-19H2,1-2H3. The quantitative estimate of drug-likeness (QED) is 0.427. The Bertz CT molecular complexity index is 865. The lowest BCUT2D eigenvalue weighted by molar-refractivity contribution is 0.0324. The number of hydrogen-bond acceptors (Lipinski definition) is 6. The summed E-state index contributed by atoms with van der Waals surface area (Å²) in [5, 5.41) is 0. The Balaban J connectivity index is 1.79. The van der Waals surface area contributed by atoms with Crippen molar-refractivity contribution in [2.75, 3.05) is 66.1 Å². The molecule has 0 atom stereocenters. The predicted octanol–water partition coefficient (Wildman–Crippen LogP) is 2.83. The molecule has 2 aliphatic rings. The Labute approximate surface area is 198 Å². The van der Waals surface area contributed by atoms with Gasteiger partial charge in [-0.05, 0) is 37.5 Å². The molecule has 2 aliphatic heterocycles. The van der Waals surface area contributed by atoms with Crippen LogP contribution in [0.3, 0.4) is 0 Å². The normalized spacial score (nSPS) is 17.9. The zero-order valence-electron chi connectivity index (χ0n) is 20.1. The first kappa shape index (κ1) is 25.9. The zero-order valence-corrected chi connectivity index (χ0v) is 20.9. The molecular formula is C24H39N3O5S. The molecule has 1 aromatic rings. The van der Waals surface area contributed by atoms with Gasteiger partial charge < -0.3 is 14.4 Å². The van der Waals surface area contributed by atoms with Crippen LogP contribution in [0.25, 0.3) is 0 Å². The van der Waals surface area contributed by atoms with Crippen LogP contribution in [0, 0.1) is 0 Å². The van der Waals surface area contributed by atoms with Crippen molar-refractivity contribution in [3.8, 4) is 5.75 Å². The van der Waals surface area contributed by atoms with E-state index in [9.17, 15) is 13.2 Å². The summed E-state index contributed by atoms with van der Waals surface area (Å²) in [6.07, 6.45) is 6.01. The van der Waals surface area contributed by atoms with Gasteiger partial charge in [-0.3, -0.25) is 9.69 Å². The van der Waals surface area contributed by atoms with Gasteiger partial charge in [0.05, 0.1) is 20.3 Å². The molecule has 9 heteroatoms. The maximum Gasteiger partial charge on any atom is 0.253 e. The molecule has 186 valence electrons. The minimum Gasteiger partial charge on any atom is -0.495 e. The number of unbranched alkanes of at least 4 members (excludes halogenated alkanes) is 3. The number of carbonyl (C=O) groups excluding carboxylic acids is 1. The van der Waals surface area contributed by atoms with Crippen LogP contribution in [0.2, 0.25) is 0 Å². The minimum absolute atomic E-state index is 0.0804. The summed E-state index contributed by atoms with van der Waals surface area (Å²) < 4.78 is 38.7. The molecule has 0 N–H and O–H groups in total. The molecule has 0 spiro atoms. The monoisotopic (exact) mass is 481 g/mol. The Morgan fingerprint density at radius 1 is 1.06 bits per heavy atom. The number of carbonyl (C=O) groups is 1. The van der Waals surface area contributed by atoms with Gasteiger partial charge in [-0.15, -0.1) is 0 Å². The van der Waals surface area contributed by atoms with Crippen molar-refractivity contribution in [2.24, 2.45) is 0 Å². The third-order valence-electron chi connectivity index (χ3n) is 6.45. The molecule has 0 aromatic heterocycles. The van der Waals surface area contributed by atoms with E-state index in [0.717, 1.165) is 71.4 Å². The number of benzene rings is 1. The van der Waals surface area contributed by atoms with Crippen molar-refractivity contribution in [3.63, 3.8) is 0 Å². The van der Waals surface area contributed by atoms with E-state index in [1.165, 1.54) is 17.5 Å². The summed E-state index contributed by atoms with van der Waals surface area (Å²) in [4.78, 5) is 17.8. The number of ether oxygens (including phenoxy) is 2. The second-order valence-corrected chi connectivity index (χ2v) is 10.7. The fraction of sp³-hybridized carbons (Fsp3) is 0.708. The highest BCUT2D eigenvalue weighted by atomic mass is 32.2. The smallest absolute Gasteiger partial charge is 0.253 e. The van der Waals surface area contributed by atoms with Crippen LogP contribution < -0.4 is 4.74 Å². The molecule has 0 radical (unpaired) electrons. The van der Waals surface area contributed by atoms with Gasteiger partial charge in [-0.25, -0.2) is 8.42 Å². The molecular weight excluding hydrogens is 442 g/mol. The Morgan fingerprint density at radius 2 is 1.79 bits per heavy atom. The SMILES string of the molecule is CCCCCCN(CCN1CCOCC1)C(=O)c1ccc(OC)c(S(=O)(=O)N2CCCC2)c1. The lowest BCUT2D eigenvalue weighted by Crippen LogP contribution is -2.43.